The van der Waals surface area contributed by atoms with Crippen LogP contribution in [0.1, 0.15) is 12.8 Å². The molecule has 10 heavy (non-hydrogen) atoms. The zero-order valence-electron chi connectivity index (χ0n) is 6.17. The number of methoxy groups -OCH3 is 1. The molecule has 1 aliphatic carbocycles. The number of carbonyl (C=O) groups excluding carboxylic acids is 1. The molecule has 0 heterocycles. The Morgan fingerprint density at radius 2 is 2.40 bits per heavy atom. The minimum Gasteiger partial charge on any atom is -0.469 e. The van der Waals surface area contributed by atoms with E-state index < -0.39 is 0 Å². The summed E-state index contributed by atoms with van der Waals surface area (Å²) in [5, 5.41) is 0. The Morgan fingerprint density at radius 3 is 2.70 bits per heavy atom. The summed E-state index contributed by atoms with van der Waals surface area (Å²) in [4.78, 5) is 10.9. The zero-order valence-corrected chi connectivity index (χ0v) is 6.17. The molecule has 2 nitrogen and oxygen atoms in total. The number of allylic oxidation sites excluding steroid dienone is 1. The molecule has 0 amide bonds. The maximum absolute atomic E-state index is 10.9. The molecule has 0 radical (unpaired) electrons. The van der Waals surface area contributed by atoms with Crippen molar-refractivity contribution < 1.29 is 9.53 Å². The van der Waals surface area contributed by atoms with Gasteiger partial charge >= 0.3 is 5.97 Å². The lowest BCUT2D eigenvalue weighted by Crippen LogP contribution is -2.32. The summed E-state index contributed by atoms with van der Waals surface area (Å²) in [6.07, 6.45) is 3.89. The van der Waals surface area contributed by atoms with Crippen LogP contribution in [0.2, 0.25) is 0 Å². The molecule has 1 fully saturated rings. The number of ether oxygens (including phenoxy) is 1. The second-order valence-corrected chi connectivity index (χ2v) is 2.61. The third-order valence-corrected chi connectivity index (χ3v) is 2.13. The molecule has 2 atom stereocenters. The van der Waals surface area contributed by atoms with Gasteiger partial charge in [0.05, 0.1) is 13.0 Å². The van der Waals surface area contributed by atoms with E-state index in [9.17, 15) is 4.79 Å². The molecule has 0 aromatic carbocycles. The fraction of sp³-hybridized carbons (Fsp3) is 0.625. The van der Waals surface area contributed by atoms with Crippen LogP contribution in [0.4, 0.5) is 0 Å². The lowest BCUT2D eigenvalue weighted by atomic mass is 9.74. The average molecular weight is 140 g/mol. The van der Waals surface area contributed by atoms with Crippen molar-refractivity contribution in [3.05, 3.63) is 12.7 Å². The van der Waals surface area contributed by atoms with Crippen LogP contribution in [-0.4, -0.2) is 13.1 Å². The number of rotatable bonds is 2. The van der Waals surface area contributed by atoms with Crippen LogP contribution in [0.3, 0.4) is 0 Å². The predicted molar refractivity (Wildman–Crippen MR) is 38.4 cm³/mol. The first-order valence-electron chi connectivity index (χ1n) is 3.50. The van der Waals surface area contributed by atoms with E-state index >= 15 is 0 Å². The van der Waals surface area contributed by atoms with Crippen LogP contribution in [0, 0.1) is 11.8 Å². The summed E-state index contributed by atoms with van der Waals surface area (Å²) < 4.78 is 4.60. The summed E-state index contributed by atoms with van der Waals surface area (Å²) in [6, 6.07) is 0. The van der Waals surface area contributed by atoms with Gasteiger partial charge in [-0.1, -0.05) is 6.08 Å². The first kappa shape index (κ1) is 7.32. The number of carbonyl (C=O) groups is 1. The van der Waals surface area contributed by atoms with Crippen molar-refractivity contribution in [3.63, 3.8) is 0 Å². The van der Waals surface area contributed by atoms with Crippen LogP contribution in [0.15, 0.2) is 12.7 Å². The molecule has 0 N–H and O–H groups in total. The Balaban J connectivity index is 2.42. The zero-order chi connectivity index (χ0) is 7.56. The van der Waals surface area contributed by atoms with E-state index in [4.69, 9.17) is 0 Å². The van der Waals surface area contributed by atoms with Crippen molar-refractivity contribution in [1.29, 1.82) is 0 Å². The van der Waals surface area contributed by atoms with Crippen LogP contribution in [0.5, 0.6) is 0 Å². The highest BCUT2D eigenvalue weighted by Gasteiger charge is 2.34. The van der Waals surface area contributed by atoms with Gasteiger partial charge in [0.25, 0.3) is 0 Å². The van der Waals surface area contributed by atoms with Gasteiger partial charge in [-0.3, -0.25) is 4.79 Å². The molecule has 0 aromatic rings. The monoisotopic (exact) mass is 140 g/mol. The van der Waals surface area contributed by atoms with Gasteiger partial charge in [0, 0.05) is 0 Å². The molecular formula is C8H12O2. The molecule has 0 spiro atoms. The van der Waals surface area contributed by atoms with E-state index in [0.29, 0.717) is 5.92 Å². The second kappa shape index (κ2) is 2.86. The van der Waals surface area contributed by atoms with E-state index in [0.717, 1.165) is 12.8 Å². The summed E-state index contributed by atoms with van der Waals surface area (Å²) in [6.45, 7) is 3.64. The second-order valence-electron chi connectivity index (χ2n) is 2.61. The third kappa shape index (κ3) is 1.06. The van der Waals surface area contributed by atoms with Crippen molar-refractivity contribution in [2.75, 3.05) is 7.11 Å². The third-order valence-electron chi connectivity index (χ3n) is 2.13. The van der Waals surface area contributed by atoms with Crippen molar-refractivity contribution >= 4 is 5.97 Å². The van der Waals surface area contributed by atoms with Gasteiger partial charge < -0.3 is 4.74 Å². The fourth-order valence-corrected chi connectivity index (χ4v) is 1.25. The first-order valence-corrected chi connectivity index (χ1v) is 3.50. The van der Waals surface area contributed by atoms with E-state index in [2.05, 4.69) is 11.3 Å². The standard InChI is InChI=1S/C8H12O2/c1-3-6-4-5-7(6)8(9)10-2/h3,6-7H,1,4-5H2,2H3. The van der Waals surface area contributed by atoms with Crippen LogP contribution in [-0.2, 0) is 9.53 Å². The summed E-state index contributed by atoms with van der Waals surface area (Å²) in [7, 11) is 1.43. The maximum Gasteiger partial charge on any atom is 0.309 e. The highest BCUT2D eigenvalue weighted by molar-refractivity contribution is 5.73. The topological polar surface area (TPSA) is 26.3 Å². The quantitative estimate of drug-likeness (QED) is 0.427. The van der Waals surface area contributed by atoms with Gasteiger partial charge in [-0.25, -0.2) is 0 Å². The molecule has 0 aromatic heterocycles. The molecule has 1 rings (SSSR count). The van der Waals surface area contributed by atoms with Gasteiger partial charge in [-0.15, -0.1) is 6.58 Å². The van der Waals surface area contributed by atoms with Crippen LogP contribution >= 0.6 is 0 Å². The van der Waals surface area contributed by atoms with E-state index in [-0.39, 0.29) is 11.9 Å². The number of hydrogen-bond acceptors (Lipinski definition) is 2. The molecule has 1 aliphatic rings. The summed E-state index contributed by atoms with van der Waals surface area (Å²) in [5.41, 5.74) is 0. The number of esters is 1. The van der Waals surface area contributed by atoms with Gasteiger partial charge in [0.15, 0.2) is 0 Å². The van der Waals surface area contributed by atoms with E-state index in [1.807, 2.05) is 6.08 Å². The maximum atomic E-state index is 10.9. The van der Waals surface area contributed by atoms with Crippen molar-refractivity contribution in [2.45, 2.75) is 12.8 Å². The average Bonchev–Trinajstić information content (AvgIpc) is 1.86. The lowest BCUT2D eigenvalue weighted by molar-refractivity contribution is -0.150. The number of hydrogen-bond donors (Lipinski definition) is 0. The normalized spacial score (nSPS) is 30.5. The van der Waals surface area contributed by atoms with Crippen LogP contribution < -0.4 is 0 Å². The van der Waals surface area contributed by atoms with Gasteiger partial charge in [-0.2, -0.15) is 0 Å². The van der Waals surface area contributed by atoms with E-state index in [1.54, 1.807) is 0 Å². The summed E-state index contributed by atoms with van der Waals surface area (Å²) in [5.74, 6) is 0.381. The Labute approximate surface area is 60.9 Å². The lowest BCUT2D eigenvalue weighted by Gasteiger charge is -2.31. The van der Waals surface area contributed by atoms with Gasteiger partial charge in [0.1, 0.15) is 0 Å². The molecule has 0 bridgehead atoms. The molecule has 0 saturated heterocycles. The van der Waals surface area contributed by atoms with Crippen molar-refractivity contribution in [1.82, 2.24) is 0 Å². The SMILES string of the molecule is C=CC1CCC1C(=O)OC. The van der Waals surface area contributed by atoms with Gasteiger partial charge in [-0.05, 0) is 18.8 Å². The smallest absolute Gasteiger partial charge is 0.309 e. The predicted octanol–water partition coefficient (Wildman–Crippen LogP) is 1.37. The summed E-state index contributed by atoms with van der Waals surface area (Å²) >= 11 is 0. The van der Waals surface area contributed by atoms with Crippen LogP contribution in [0.25, 0.3) is 0 Å². The molecule has 1 saturated carbocycles. The van der Waals surface area contributed by atoms with Crippen molar-refractivity contribution in [2.24, 2.45) is 11.8 Å². The first-order chi connectivity index (χ1) is 4.79. The Morgan fingerprint density at radius 1 is 1.70 bits per heavy atom. The van der Waals surface area contributed by atoms with E-state index in [1.165, 1.54) is 7.11 Å². The molecular weight excluding hydrogens is 128 g/mol. The minimum atomic E-state index is -0.0869. The largest absolute Gasteiger partial charge is 0.469 e. The van der Waals surface area contributed by atoms with Crippen molar-refractivity contribution in [3.8, 4) is 0 Å². The Bertz CT molecular complexity index is 151. The fourth-order valence-electron chi connectivity index (χ4n) is 1.25. The highest BCUT2D eigenvalue weighted by Crippen LogP contribution is 2.35. The Hall–Kier alpha value is -0.790. The molecule has 2 unspecified atom stereocenters. The Kier molecular flexibility index (Phi) is 2.10. The molecule has 2 heteroatoms. The minimum absolute atomic E-state index is 0.0869. The highest BCUT2D eigenvalue weighted by atomic mass is 16.5. The molecule has 0 aliphatic heterocycles. The molecule has 56 valence electrons. The van der Waals surface area contributed by atoms with Gasteiger partial charge in [0.2, 0.25) is 0 Å².